The number of aromatic hydroxyl groups is 1. The minimum absolute atomic E-state index is 0. The first kappa shape index (κ1) is 14.0. The van der Waals surface area contributed by atoms with Gasteiger partial charge < -0.3 is 5.11 Å². The molecule has 0 fully saturated rings. The van der Waals surface area contributed by atoms with Crippen LogP contribution >= 0.6 is 58.0 Å². The standard InChI is InChI=1S/C6HCl5O.Cu/c7-1-2(8)4(10)6(12)5(11)3(1)9;/h12H;/q;+2. The molecule has 75 valence electrons. The average molecular weight is 330 g/mol. The van der Waals surface area contributed by atoms with Crippen LogP contribution in [0.5, 0.6) is 5.75 Å². The van der Waals surface area contributed by atoms with Crippen molar-refractivity contribution in [1.82, 2.24) is 0 Å². The van der Waals surface area contributed by atoms with Crippen molar-refractivity contribution in [2.75, 3.05) is 0 Å². The molecule has 0 aliphatic carbocycles. The SMILES string of the molecule is Oc1c(Cl)c(Cl)c(Cl)c(Cl)c1Cl.[Cu+2]. The Morgan fingerprint density at radius 2 is 0.846 bits per heavy atom. The summed E-state index contributed by atoms with van der Waals surface area (Å²) in [6.07, 6.45) is 0. The molecule has 0 atom stereocenters. The molecule has 1 aromatic rings. The smallest absolute Gasteiger partial charge is 0.505 e. The van der Waals surface area contributed by atoms with E-state index in [0.29, 0.717) is 0 Å². The molecular formula is C6HCl5CuO+2. The minimum Gasteiger partial charge on any atom is -0.505 e. The number of phenolic OH excluding ortho intramolecular Hbond substituents is 1. The third kappa shape index (κ3) is 2.51. The van der Waals surface area contributed by atoms with Gasteiger partial charge in [-0.15, -0.1) is 0 Å². The summed E-state index contributed by atoms with van der Waals surface area (Å²) in [6.45, 7) is 0. The Morgan fingerprint density at radius 3 is 1.15 bits per heavy atom. The summed E-state index contributed by atoms with van der Waals surface area (Å²) in [5.74, 6) is -0.363. The molecule has 0 spiro atoms. The molecular weight excluding hydrogens is 329 g/mol. The van der Waals surface area contributed by atoms with Gasteiger partial charge in [0.2, 0.25) is 0 Å². The fourth-order valence-corrected chi connectivity index (χ4v) is 1.72. The molecule has 1 N–H and O–H groups in total. The van der Waals surface area contributed by atoms with Crippen LogP contribution in [0.4, 0.5) is 0 Å². The Balaban J connectivity index is 0.00000144. The maximum atomic E-state index is 9.20. The number of halogens is 5. The first-order valence-corrected chi connectivity index (χ1v) is 4.56. The quantitative estimate of drug-likeness (QED) is 0.417. The molecule has 0 heterocycles. The van der Waals surface area contributed by atoms with Crippen molar-refractivity contribution in [3.63, 3.8) is 0 Å². The van der Waals surface area contributed by atoms with Gasteiger partial charge in [0.1, 0.15) is 10.0 Å². The molecule has 0 saturated heterocycles. The van der Waals surface area contributed by atoms with E-state index in [4.69, 9.17) is 58.0 Å². The summed E-state index contributed by atoms with van der Waals surface area (Å²) in [6, 6.07) is 0. The van der Waals surface area contributed by atoms with Crippen molar-refractivity contribution in [3.05, 3.63) is 25.1 Å². The average Bonchev–Trinajstić information content (AvgIpc) is 2.08. The first-order valence-electron chi connectivity index (χ1n) is 2.67. The number of phenols is 1. The molecule has 1 nitrogen and oxygen atoms in total. The fraction of sp³-hybridized carbons (Fsp3) is 0. The zero-order valence-corrected chi connectivity index (χ0v) is 10.4. The summed E-state index contributed by atoms with van der Waals surface area (Å²) < 4.78 is 0. The summed E-state index contributed by atoms with van der Waals surface area (Å²) in [4.78, 5) is 0. The largest absolute Gasteiger partial charge is 2.00 e. The van der Waals surface area contributed by atoms with Gasteiger partial charge in [-0.25, -0.2) is 0 Å². The molecule has 1 aromatic carbocycles. The molecule has 0 aromatic heterocycles. The van der Waals surface area contributed by atoms with Gasteiger partial charge in [-0.3, -0.25) is 0 Å². The predicted octanol–water partition coefficient (Wildman–Crippen LogP) is 4.66. The maximum Gasteiger partial charge on any atom is 2.00 e. The Morgan fingerprint density at radius 1 is 0.615 bits per heavy atom. The molecule has 1 radical (unpaired) electrons. The third-order valence-electron chi connectivity index (χ3n) is 1.19. The van der Waals surface area contributed by atoms with Crippen LogP contribution in [0, 0.1) is 0 Å². The van der Waals surface area contributed by atoms with Gasteiger partial charge in [0.25, 0.3) is 0 Å². The second-order valence-corrected chi connectivity index (χ2v) is 3.81. The summed E-state index contributed by atoms with van der Waals surface area (Å²) in [5, 5.41) is 9.01. The van der Waals surface area contributed by atoms with Crippen LogP contribution in [0.2, 0.25) is 25.1 Å². The summed E-state index contributed by atoms with van der Waals surface area (Å²) in [7, 11) is 0. The second-order valence-electron chi connectivity index (χ2n) is 1.92. The van der Waals surface area contributed by atoms with Crippen molar-refractivity contribution < 1.29 is 22.2 Å². The van der Waals surface area contributed by atoms with Crippen LogP contribution in [-0.4, -0.2) is 5.11 Å². The summed E-state index contributed by atoms with van der Waals surface area (Å²) >= 11 is 27.9. The number of benzene rings is 1. The number of hydrogen-bond acceptors (Lipinski definition) is 1. The second kappa shape index (κ2) is 5.18. The van der Waals surface area contributed by atoms with E-state index < -0.39 is 0 Å². The molecule has 0 amide bonds. The topological polar surface area (TPSA) is 20.2 Å². The third-order valence-corrected chi connectivity index (χ3v) is 3.44. The molecule has 0 saturated carbocycles. The zero-order chi connectivity index (χ0) is 9.46. The fourth-order valence-electron chi connectivity index (χ4n) is 0.593. The Hall–Kier alpha value is 0.989. The number of rotatable bonds is 0. The molecule has 0 bridgehead atoms. The molecule has 13 heavy (non-hydrogen) atoms. The van der Waals surface area contributed by atoms with E-state index >= 15 is 0 Å². The van der Waals surface area contributed by atoms with Crippen molar-refractivity contribution in [2.24, 2.45) is 0 Å². The molecule has 0 aliphatic rings. The van der Waals surface area contributed by atoms with E-state index in [1.807, 2.05) is 0 Å². The van der Waals surface area contributed by atoms with Crippen LogP contribution in [0.3, 0.4) is 0 Å². The maximum absolute atomic E-state index is 9.20. The van der Waals surface area contributed by atoms with Crippen molar-refractivity contribution in [2.45, 2.75) is 0 Å². The van der Waals surface area contributed by atoms with Crippen LogP contribution in [0.15, 0.2) is 0 Å². The normalized spacial score (nSPS) is 9.62. The summed E-state index contributed by atoms with van der Waals surface area (Å²) in [5.41, 5.74) is 0. The van der Waals surface area contributed by atoms with Gasteiger partial charge in [0, 0.05) is 0 Å². The van der Waals surface area contributed by atoms with Crippen molar-refractivity contribution in [1.29, 1.82) is 0 Å². The van der Waals surface area contributed by atoms with E-state index in [1.165, 1.54) is 0 Å². The Kier molecular flexibility index (Phi) is 5.57. The van der Waals surface area contributed by atoms with Crippen LogP contribution < -0.4 is 0 Å². The minimum atomic E-state index is -0.363. The Labute approximate surface area is 110 Å². The Bertz CT molecular complexity index is 235. The van der Waals surface area contributed by atoms with Crippen molar-refractivity contribution in [3.8, 4) is 5.75 Å². The molecule has 0 unspecified atom stereocenters. The van der Waals surface area contributed by atoms with Gasteiger partial charge in [0.15, 0.2) is 5.75 Å². The van der Waals surface area contributed by atoms with E-state index in [2.05, 4.69) is 0 Å². The van der Waals surface area contributed by atoms with Gasteiger partial charge >= 0.3 is 17.1 Å². The van der Waals surface area contributed by atoms with Gasteiger partial charge in [-0.05, 0) is 0 Å². The van der Waals surface area contributed by atoms with Crippen LogP contribution in [-0.2, 0) is 17.1 Å². The van der Waals surface area contributed by atoms with E-state index in [-0.39, 0.29) is 47.9 Å². The van der Waals surface area contributed by atoms with Gasteiger partial charge in [0.05, 0.1) is 15.1 Å². The van der Waals surface area contributed by atoms with Gasteiger partial charge in [-0.1, -0.05) is 58.0 Å². The monoisotopic (exact) mass is 327 g/mol. The van der Waals surface area contributed by atoms with Gasteiger partial charge in [-0.2, -0.15) is 0 Å². The number of hydrogen-bond donors (Lipinski definition) is 1. The predicted molar refractivity (Wildman–Crippen MR) is 53.2 cm³/mol. The first-order chi connectivity index (χ1) is 5.46. The molecule has 1 rings (SSSR count). The van der Waals surface area contributed by atoms with Crippen molar-refractivity contribution >= 4 is 58.0 Å². The van der Waals surface area contributed by atoms with E-state index in [9.17, 15) is 5.11 Å². The van der Waals surface area contributed by atoms with Crippen LogP contribution in [0.25, 0.3) is 0 Å². The van der Waals surface area contributed by atoms with E-state index in [1.54, 1.807) is 0 Å². The molecule has 0 aliphatic heterocycles. The zero-order valence-electron chi connectivity index (χ0n) is 5.64. The molecule has 7 heteroatoms. The van der Waals surface area contributed by atoms with Crippen LogP contribution in [0.1, 0.15) is 0 Å². The van der Waals surface area contributed by atoms with E-state index in [0.717, 1.165) is 0 Å².